The van der Waals surface area contributed by atoms with E-state index in [2.05, 4.69) is 48.7 Å². The van der Waals surface area contributed by atoms with E-state index < -0.39 is 0 Å². The summed E-state index contributed by atoms with van der Waals surface area (Å²) in [6.07, 6.45) is 46.0. The van der Waals surface area contributed by atoms with Crippen LogP contribution >= 0.6 is 0 Å². The van der Waals surface area contributed by atoms with Gasteiger partial charge in [-0.05, 0) is 37.1 Å². The molecule has 0 aliphatic heterocycles. The van der Waals surface area contributed by atoms with Crippen LogP contribution in [0.25, 0.3) is 0 Å². The third kappa shape index (κ3) is 31.7. The summed E-state index contributed by atoms with van der Waals surface area (Å²) in [5.41, 5.74) is 2.86. The average molecular weight is 641 g/mol. The van der Waals surface area contributed by atoms with Gasteiger partial charge in [0.1, 0.15) is 0 Å². The predicted molar refractivity (Wildman–Crippen MR) is 209 cm³/mol. The maximum atomic E-state index is 3.69. The molecule has 0 aliphatic carbocycles. The Morgan fingerprint density at radius 1 is 0.326 bits per heavy atom. The number of nitrogens with one attached hydrogen (secondary N) is 2. The van der Waals surface area contributed by atoms with Crippen molar-refractivity contribution < 1.29 is 0 Å². The first-order chi connectivity index (χ1) is 22.9. The number of benzene rings is 1. The minimum atomic E-state index is 1.01. The van der Waals surface area contributed by atoms with Gasteiger partial charge in [-0.1, -0.05) is 231 Å². The number of rotatable bonds is 38. The lowest BCUT2D eigenvalue weighted by Gasteiger charge is -2.09. The molecule has 0 aromatic heterocycles. The molecule has 46 heavy (non-hydrogen) atoms. The van der Waals surface area contributed by atoms with Crippen LogP contribution in [-0.2, 0) is 13.1 Å². The van der Waals surface area contributed by atoms with Crippen LogP contribution in [0.1, 0.15) is 230 Å². The molecule has 1 aromatic rings. The first-order valence-electron chi connectivity index (χ1n) is 21.4. The molecule has 0 aliphatic rings. The molecule has 0 unspecified atom stereocenters. The monoisotopic (exact) mass is 641 g/mol. The fraction of sp³-hybridized carbons (Fsp3) is 0.864. The van der Waals surface area contributed by atoms with E-state index in [1.807, 2.05) is 0 Å². The number of hydrogen-bond acceptors (Lipinski definition) is 2. The van der Waals surface area contributed by atoms with E-state index in [0.717, 1.165) is 26.2 Å². The van der Waals surface area contributed by atoms with Crippen molar-refractivity contribution in [1.82, 2.24) is 10.6 Å². The van der Waals surface area contributed by atoms with E-state index >= 15 is 0 Å². The molecule has 1 aromatic carbocycles. The molecule has 0 spiro atoms. The molecule has 270 valence electrons. The van der Waals surface area contributed by atoms with Crippen LogP contribution in [0, 0.1) is 0 Å². The molecule has 0 saturated heterocycles. The quantitative estimate of drug-likeness (QED) is 0.0703. The fourth-order valence-electron chi connectivity index (χ4n) is 6.91. The van der Waals surface area contributed by atoms with Gasteiger partial charge in [0.05, 0.1) is 0 Å². The van der Waals surface area contributed by atoms with Crippen molar-refractivity contribution in [3.8, 4) is 0 Å². The zero-order valence-electron chi connectivity index (χ0n) is 31.8. The first kappa shape index (κ1) is 43.2. The van der Waals surface area contributed by atoms with Gasteiger partial charge in [0.15, 0.2) is 0 Å². The Morgan fingerprint density at radius 3 is 0.826 bits per heavy atom. The largest absolute Gasteiger partial charge is 0.313 e. The molecule has 0 heterocycles. The summed E-state index contributed by atoms with van der Waals surface area (Å²) < 4.78 is 0. The van der Waals surface area contributed by atoms with Gasteiger partial charge in [0.2, 0.25) is 0 Å². The highest BCUT2D eigenvalue weighted by atomic mass is 14.9. The second-order valence-electron chi connectivity index (χ2n) is 14.8. The Kier molecular flexibility index (Phi) is 34.7. The summed E-state index contributed by atoms with van der Waals surface area (Å²) in [6, 6.07) is 9.18. The van der Waals surface area contributed by atoms with Gasteiger partial charge < -0.3 is 10.6 Å². The van der Waals surface area contributed by atoms with Crippen molar-refractivity contribution in [3.05, 3.63) is 35.4 Å². The average Bonchev–Trinajstić information content (AvgIpc) is 3.07. The molecular formula is C44H84N2. The Hall–Kier alpha value is -0.860. The van der Waals surface area contributed by atoms with Crippen molar-refractivity contribution in [1.29, 1.82) is 0 Å². The summed E-state index contributed by atoms with van der Waals surface area (Å²) in [5, 5.41) is 7.37. The summed E-state index contributed by atoms with van der Waals surface area (Å²) in [4.78, 5) is 0. The fourth-order valence-corrected chi connectivity index (χ4v) is 6.91. The zero-order valence-corrected chi connectivity index (χ0v) is 31.8. The molecule has 2 heteroatoms. The Labute approximate surface area is 290 Å². The molecule has 2 N–H and O–H groups in total. The molecule has 0 fully saturated rings. The lowest BCUT2D eigenvalue weighted by molar-refractivity contribution is 0.525. The minimum absolute atomic E-state index is 1.01. The normalized spacial score (nSPS) is 11.5. The van der Waals surface area contributed by atoms with E-state index in [9.17, 15) is 0 Å². The lowest BCUT2D eigenvalue weighted by atomic mass is 10.0. The molecule has 0 radical (unpaired) electrons. The maximum absolute atomic E-state index is 3.69. The van der Waals surface area contributed by atoms with Crippen molar-refractivity contribution in [2.45, 2.75) is 232 Å². The molecule has 0 saturated carbocycles. The SMILES string of the molecule is CCCCCCCCCCCCCCCCCCNCc1cccc(CNCCCCCCCCCCCCCCCCCC)c1. The molecular weight excluding hydrogens is 556 g/mol. The van der Waals surface area contributed by atoms with Crippen molar-refractivity contribution in [2.75, 3.05) is 13.1 Å². The van der Waals surface area contributed by atoms with Crippen molar-refractivity contribution in [2.24, 2.45) is 0 Å². The Bertz CT molecular complexity index is 646. The predicted octanol–water partition coefficient (Wildman–Crippen LogP) is 14.4. The Morgan fingerprint density at radius 2 is 0.565 bits per heavy atom. The van der Waals surface area contributed by atoms with Gasteiger partial charge in [0.25, 0.3) is 0 Å². The second kappa shape index (κ2) is 37.0. The van der Waals surface area contributed by atoms with Gasteiger partial charge in [-0.2, -0.15) is 0 Å². The smallest absolute Gasteiger partial charge is 0.0205 e. The van der Waals surface area contributed by atoms with Gasteiger partial charge >= 0.3 is 0 Å². The zero-order chi connectivity index (χ0) is 32.9. The van der Waals surface area contributed by atoms with Gasteiger partial charge in [0, 0.05) is 13.1 Å². The molecule has 2 nitrogen and oxygen atoms in total. The summed E-state index contributed by atoms with van der Waals surface area (Å²) in [6.45, 7) is 8.93. The Balaban J connectivity index is 1.82. The maximum Gasteiger partial charge on any atom is 0.0205 e. The molecule has 0 bridgehead atoms. The van der Waals surface area contributed by atoms with E-state index in [-0.39, 0.29) is 0 Å². The first-order valence-corrected chi connectivity index (χ1v) is 21.4. The van der Waals surface area contributed by atoms with Gasteiger partial charge in [-0.3, -0.25) is 0 Å². The highest BCUT2D eigenvalue weighted by Crippen LogP contribution is 2.15. The van der Waals surface area contributed by atoms with Crippen LogP contribution in [0.15, 0.2) is 24.3 Å². The minimum Gasteiger partial charge on any atom is -0.313 e. The standard InChI is InChI=1S/C44H84N2/c1-3-5-7-9-11-13-15-17-19-21-23-25-27-29-31-33-38-45-41-43-36-35-37-44(40-43)42-46-39-34-32-30-28-26-24-22-20-18-16-14-12-10-8-6-4-2/h35-37,40,45-46H,3-34,38-39,41-42H2,1-2H3. The highest BCUT2D eigenvalue weighted by Gasteiger charge is 1.99. The van der Waals surface area contributed by atoms with Crippen molar-refractivity contribution >= 4 is 0 Å². The summed E-state index contributed by atoms with van der Waals surface area (Å²) >= 11 is 0. The van der Waals surface area contributed by atoms with Crippen LogP contribution in [0.2, 0.25) is 0 Å². The summed E-state index contributed by atoms with van der Waals surface area (Å²) in [7, 11) is 0. The van der Waals surface area contributed by atoms with Crippen LogP contribution < -0.4 is 10.6 Å². The van der Waals surface area contributed by atoms with E-state index in [4.69, 9.17) is 0 Å². The summed E-state index contributed by atoms with van der Waals surface area (Å²) in [5.74, 6) is 0. The number of unbranched alkanes of at least 4 members (excludes halogenated alkanes) is 30. The second-order valence-corrected chi connectivity index (χ2v) is 14.8. The van der Waals surface area contributed by atoms with Crippen molar-refractivity contribution in [3.63, 3.8) is 0 Å². The molecule has 0 atom stereocenters. The van der Waals surface area contributed by atoms with Crippen LogP contribution in [0.3, 0.4) is 0 Å². The topological polar surface area (TPSA) is 24.1 Å². The van der Waals surface area contributed by atoms with Crippen LogP contribution in [-0.4, -0.2) is 13.1 Å². The van der Waals surface area contributed by atoms with Gasteiger partial charge in [-0.15, -0.1) is 0 Å². The van der Waals surface area contributed by atoms with Gasteiger partial charge in [-0.25, -0.2) is 0 Å². The molecule has 1 rings (SSSR count). The van der Waals surface area contributed by atoms with Crippen LogP contribution in [0.4, 0.5) is 0 Å². The van der Waals surface area contributed by atoms with E-state index in [1.165, 1.54) is 217 Å². The third-order valence-electron chi connectivity index (χ3n) is 10.1. The van der Waals surface area contributed by atoms with E-state index in [1.54, 1.807) is 0 Å². The third-order valence-corrected chi connectivity index (χ3v) is 10.1. The highest BCUT2D eigenvalue weighted by molar-refractivity contribution is 5.23. The molecule has 0 amide bonds. The lowest BCUT2D eigenvalue weighted by Crippen LogP contribution is -2.16. The van der Waals surface area contributed by atoms with Crippen LogP contribution in [0.5, 0.6) is 0 Å². The van der Waals surface area contributed by atoms with E-state index in [0.29, 0.717) is 0 Å². The number of hydrogen-bond donors (Lipinski definition) is 2.